The predicted octanol–water partition coefficient (Wildman–Crippen LogP) is 4.92. The molecule has 1 heterocycles. The van der Waals surface area contributed by atoms with Crippen molar-refractivity contribution in [1.29, 1.82) is 0 Å². The Morgan fingerprint density at radius 3 is 2.44 bits per heavy atom. The molecule has 1 amide bonds. The van der Waals surface area contributed by atoms with Crippen LogP contribution in [0.25, 0.3) is 0 Å². The largest absolute Gasteiger partial charge is 0.465 e. The van der Waals surface area contributed by atoms with E-state index < -0.39 is 18.2 Å². The summed E-state index contributed by atoms with van der Waals surface area (Å²) < 4.78 is 16.2. The summed E-state index contributed by atoms with van der Waals surface area (Å²) in [5.41, 5.74) is 1.62. The summed E-state index contributed by atoms with van der Waals surface area (Å²) in [6.45, 7) is -0.0221. The number of benzene rings is 2. The summed E-state index contributed by atoms with van der Waals surface area (Å²) in [7, 11) is 1.32. The second-order valence-electron chi connectivity index (χ2n) is 8.95. The Hall–Kier alpha value is -3.35. The van der Waals surface area contributed by atoms with E-state index in [2.05, 4.69) is 0 Å². The molecular formula is C27H31NO6. The fraction of sp³-hybridized carbons (Fsp3) is 0.444. The van der Waals surface area contributed by atoms with Gasteiger partial charge in [-0.3, -0.25) is 9.69 Å². The van der Waals surface area contributed by atoms with E-state index in [1.54, 1.807) is 29.2 Å². The van der Waals surface area contributed by atoms with Crippen molar-refractivity contribution in [2.75, 3.05) is 18.6 Å². The molecule has 4 rings (SSSR count). The Kier molecular flexibility index (Phi) is 7.83. The van der Waals surface area contributed by atoms with Crippen LogP contribution in [0.2, 0.25) is 0 Å². The second kappa shape index (κ2) is 11.2. The molecular weight excluding hydrogens is 434 g/mol. The Morgan fingerprint density at radius 1 is 1.00 bits per heavy atom. The van der Waals surface area contributed by atoms with Gasteiger partial charge in [0, 0.05) is 0 Å². The molecule has 2 atom stereocenters. The highest BCUT2D eigenvalue weighted by Crippen LogP contribution is 2.37. The van der Waals surface area contributed by atoms with Gasteiger partial charge in [0.2, 0.25) is 0 Å². The van der Waals surface area contributed by atoms with E-state index in [4.69, 9.17) is 14.2 Å². The number of carbonyl (C=O) groups excluding carboxylic acids is 3. The van der Waals surface area contributed by atoms with Gasteiger partial charge in [-0.05, 0) is 30.0 Å². The van der Waals surface area contributed by atoms with Crippen molar-refractivity contribution in [2.45, 2.75) is 57.1 Å². The van der Waals surface area contributed by atoms with Crippen LogP contribution in [-0.4, -0.2) is 43.9 Å². The van der Waals surface area contributed by atoms with Crippen molar-refractivity contribution in [2.24, 2.45) is 5.92 Å². The number of rotatable bonds is 8. The highest BCUT2D eigenvalue weighted by Gasteiger charge is 2.45. The number of anilines is 1. The molecule has 2 fully saturated rings. The minimum absolute atomic E-state index is 0.0221. The highest BCUT2D eigenvalue weighted by molar-refractivity contribution is 6.01. The van der Waals surface area contributed by atoms with Gasteiger partial charge in [0.1, 0.15) is 6.61 Å². The first-order valence-electron chi connectivity index (χ1n) is 11.9. The molecule has 180 valence electrons. The van der Waals surface area contributed by atoms with E-state index in [1.807, 2.05) is 30.3 Å². The van der Waals surface area contributed by atoms with Crippen LogP contribution in [-0.2, 0) is 25.4 Å². The third-order valence-electron chi connectivity index (χ3n) is 6.68. The molecule has 0 unspecified atom stereocenters. The summed E-state index contributed by atoms with van der Waals surface area (Å²) in [5.74, 6) is -0.437. The summed E-state index contributed by atoms with van der Waals surface area (Å²) in [4.78, 5) is 39.4. The van der Waals surface area contributed by atoms with Crippen LogP contribution in [0.15, 0.2) is 54.6 Å². The SMILES string of the molecule is COC(=O)c1ccccc1N1C(=O)O[C@H](COC(=O)Cc2ccccc2)[C@H]1CC1CCCCC1. The fourth-order valence-corrected chi connectivity index (χ4v) is 4.97. The number of cyclic esters (lactones) is 1. The van der Waals surface area contributed by atoms with Gasteiger partial charge in [0.15, 0.2) is 6.10 Å². The molecule has 0 bridgehead atoms. The minimum Gasteiger partial charge on any atom is -0.465 e. The van der Waals surface area contributed by atoms with Crippen LogP contribution in [0.1, 0.15) is 54.4 Å². The van der Waals surface area contributed by atoms with Crippen LogP contribution >= 0.6 is 0 Å². The Balaban J connectivity index is 1.53. The van der Waals surface area contributed by atoms with E-state index in [1.165, 1.54) is 26.4 Å². The molecule has 0 aromatic heterocycles. The maximum atomic E-state index is 13.0. The second-order valence-corrected chi connectivity index (χ2v) is 8.95. The third kappa shape index (κ3) is 5.58. The fourth-order valence-electron chi connectivity index (χ4n) is 4.97. The van der Waals surface area contributed by atoms with Crippen LogP contribution in [0.3, 0.4) is 0 Å². The van der Waals surface area contributed by atoms with Crippen molar-refractivity contribution in [3.8, 4) is 0 Å². The van der Waals surface area contributed by atoms with Crippen LogP contribution in [0, 0.1) is 5.92 Å². The first kappa shape index (κ1) is 23.8. The third-order valence-corrected chi connectivity index (χ3v) is 6.68. The van der Waals surface area contributed by atoms with Crippen LogP contribution in [0.5, 0.6) is 0 Å². The lowest BCUT2D eigenvalue weighted by Crippen LogP contribution is -2.41. The van der Waals surface area contributed by atoms with Gasteiger partial charge in [0.25, 0.3) is 0 Å². The number of amides is 1. The first-order chi connectivity index (χ1) is 16.6. The van der Waals surface area contributed by atoms with Gasteiger partial charge < -0.3 is 14.2 Å². The first-order valence-corrected chi connectivity index (χ1v) is 11.9. The lowest BCUT2D eigenvalue weighted by atomic mass is 9.83. The topological polar surface area (TPSA) is 82.1 Å². The lowest BCUT2D eigenvalue weighted by molar-refractivity contribution is -0.145. The number of hydrogen-bond acceptors (Lipinski definition) is 6. The number of nitrogens with zero attached hydrogens (tertiary/aromatic N) is 1. The normalized spacial score (nSPS) is 20.6. The molecule has 2 aliphatic rings. The molecule has 1 aliphatic heterocycles. The molecule has 7 heteroatoms. The maximum absolute atomic E-state index is 13.0. The van der Waals surface area contributed by atoms with E-state index >= 15 is 0 Å². The number of esters is 2. The van der Waals surface area contributed by atoms with E-state index in [0.717, 1.165) is 24.8 Å². The maximum Gasteiger partial charge on any atom is 0.415 e. The lowest BCUT2D eigenvalue weighted by Gasteiger charge is -2.30. The zero-order chi connectivity index (χ0) is 23.9. The smallest absolute Gasteiger partial charge is 0.415 e. The number of hydrogen-bond donors (Lipinski definition) is 0. The Morgan fingerprint density at radius 2 is 1.71 bits per heavy atom. The molecule has 2 aromatic rings. The molecule has 1 aliphatic carbocycles. The van der Waals surface area contributed by atoms with Gasteiger partial charge in [0.05, 0.1) is 30.8 Å². The van der Waals surface area contributed by atoms with Crippen LogP contribution < -0.4 is 4.90 Å². The quantitative estimate of drug-likeness (QED) is 0.406. The molecule has 34 heavy (non-hydrogen) atoms. The standard InChI is InChI=1S/C27H31NO6/c1-32-26(30)21-14-8-9-15-22(21)28-23(16-19-10-4-2-5-11-19)24(34-27(28)31)18-33-25(29)17-20-12-6-3-7-13-20/h3,6-9,12-15,19,23-24H,2,4-5,10-11,16-18H2,1H3/t23-,24-/m1/s1. The Labute approximate surface area is 200 Å². The van der Waals surface area contributed by atoms with Gasteiger partial charge >= 0.3 is 18.0 Å². The number of methoxy groups -OCH3 is 1. The summed E-state index contributed by atoms with van der Waals surface area (Å²) in [6.07, 6.45) is 5.48. The minimum atomic E-state index is -0.611. The monoisotopic (exact) mass is 465 g/mol. The number of ether oxygens (including phenoxy) is 3. The van der Waals surface area contributed by atoms with Crippen molar-refractivity contribution >= 4 is 23.7 Å². The summed E-state index contributed by atoms with van der Waals surface area (Å²) >= 11 is 0. The molecule has 7 nitrogen and oxygen atoms in total. The van der Waals surface area contributed by atoms with Gasteiger partial charge in [-0.15, -0.1) is 0 Å². The van der Waals surface area contributed by atoms with Crippen molar-refractivity contribution in [3.05, 3.63) is 65.7 Å². The van der Waals surface area contributed by atoms with Crippen LogP contribution in [0.4, 0.5) is 10.5 Å². The van der Waals surface area contributed by atoms with Crippen molar-refractivity contribution in [3.63, 3.8) is 0 Å². The van der Waals surface area contributed by atoms with E-state index in [-0.39, 0.29) is 25.0 Å². The molecule has 0 spiro atoms. The van der Waals surface area contributed by atoms with E-state index in [9.17, 15) is 14.4 Å². The zero-order valence-corrected chi connectivity index (χ0v) is 19.5. The molecule has 1 saturated heterocycles. The van der Waals surface area contributed by atoms with Gasteiger partial charge in [-0.1, -0.05) is 74.6 Å². The van der Waals surface area contributed by atoms with E-state index in [0.29, 0.717) is 17.2 Å². The molecule has 0 radical (unpaired) electrons. The Bertz CT molecular complexity index is 1000. The number of para-hydroxylation sites is 1. The van der Waals surface area contributed by atoms with Gasteiger partial charge in [-0.2, -0.15) is 0 Å². The molecule has 2 aromatic carbocycles. The van der Waals surface area contributed by atoms with Gasteiger partial charge in [-0.25, -0.2) is 9.59 Å². The predicted molar refractivity (Wildman–Crippen MR) is 127 cm³/mol. The average Bonchev–Trinajstić information content (AvgIpc) is 3.17. The molecule has 0 N–H and O–H groups in total. The summed E-state index contributed by atoms with van der Waals surface area (Å²) in [5, 5.41) is 0. The highest BCUT2D eigenvalue weighted by atomic mass is 16.6. The zero-order valence-electron chi connectivity index (χ0n) is 19.5. The average molecular weight is 466 g/mol. The number of carbonyl (C=O) groups is 3. The van der Waals surface area contributed by atoms with Crippen molar-refractivity contribution < 1.29 is 28.6 Å². The van der Waals surface area contributed by atoms with Crippen molar-refractivity contribution in [1.82, 2.24) is 0 Å². The summed E-state index contributed by atoms with van der Waals surface area (Å²) in [6, 6.07) is 15.9. The molecule has 1 saturated carbocycles.